The van der Waals surface area contributed by atoms with Gasteiger partial charge in [-0.3, -0.25) is 4.79 Å². The molecule has 0 aliphatic rings. The van der Waals surface area contributed by atoms with Gasteiger partial charge in [0, 0.05) is 11.4 Å². The van der Waals surface area contributed by atoms with Gasteiger partial charge in [-0.2, -0.15) is 0 Å². The second-order valence-corrected chi connectivity index (χ2v) is 6.94. The van der Waals surface area contributed by atoms with E-state index in [0.29, 0.717) is 6.42 Å². The molecule has 0 atom stereocenters. The monoisotopic (exact) mass is 333 g/mol. The van der Waals surface area contributed by atoms with E-state index in [1.807, 2.05) is 50.2 Å². The number of benzene rings is 3. The van der Waals surface area contributed by atoms with E-state index < -0.39 is 5.41 Å². The van der Waals surface area contributed by atoms with Crippen LogP contribution >= 0.6 is 0 Å². The number of rotatable bonds is 5. The molecule has 0 aromatic heterocycles. The molecule has 0 bridgehead atoms. The number of carbonyl (C=O) groups is 1. The summed E-state index contributed by atoms with van der Waals surface area (Å²) in [5.74, 6) is -0.189. The van der Waals surface area contributed by atoms with Crippen LogP contribution in [0.4, 0.5) is 11.4 Å². The number of fused-ring (bicyclic) bond motifs is 1. The van der Waals surface area contributed by atoms with Crippen LogP contribution in [-0.4, -0.2) is 13.1 Å². The first-order valence-electron chi connectivity index (χ1n) is 8.41. The van der Waals surface area contributed by atoms with Crippen molar-refractivity contribution in [2.75, 3.05) is 12.4 Å². The van der Waals surface area contributed by atoms with Crippen LogP contribution in [0.15, 0.2) is 66.7 Å². The lowest BCUT2D eigenvalue weighted by Crippen LogP contribution is -2.27. The third kappa shape index (κ3) is 4.00. The van der Waals surface area contributed by atoms with Crippen LogP contribution in [-0.2, 0) is 16.0 Å². The molecular weight excluding hydrogens is 310 g/mol. The molecule has 25 heavy (non-hydrogen) atoms. The van der Waals surface area contributed by atoms with E-state index in [4.69, 9.17) is 4.74 Å². The summed E-state index contributed by atoms with van der Waals surface area (Å²) in [6, 6.07) is 22.8. The number of anilines is 2. The molecule has 1 N–H and O–H groups in total. The van der Waals surface area contributed by atoms with Gasteiger partial charge in [-0.05, 0) is 60.9 Å². The smallest absolute Gasteiger partial charge is 0.311 e. The zero-order chi connectivity index (χ0) is 17.9. The Labute approximate surface area is 148 Å². The summed E-state index contributed by atoms with van der Waals surface area (Å²) in [6.45, 7) is 3.81. The van der Waals surface area contributed by atoms with Crippen LogP contribution in [0.3, 0.4) is 0 Å². The van der Waals surface area contributed by atoms with E-state index in [1.54, 1.807) is 0 Å². The normalized spacial score (nSPS) is 11.3. The van der Waals surface area contributed by atoms with Gasteiger partial charge in [0.25, 0.3) is 0 Å². The molecule has 0 spiro atoms. The molecular formula is C22H23NO2. The van der Waals surface area contributed by atoms with E-state index >= 15 is 0 Å². The van der Waals surface area contributed by atoms with Crippen molar-refractivity contribution >= 4 is 28.1 Å². The van der Waals surface area contributed by atoms with Gasteiger partial charge in [0.2, 0.25) is 0 Å². The Balaban J connectivity index is 1.72. The Morgan fingerprint density at radius 2 is 1.56 bits per heavy atom. The molecule has 3 aromatic rings. The SMILES string of the molecule is COC(=O)C(C)(C)Cc1ccc(Nc2ccc3ccccc3c2)cc1. The molecule has 3 aromatic carbocycles. The molecule has 0 aliphatic carbocycles. The van der Waals surface area contributed by atoms with Crippen LogP contribution in [0.2, 0.25) is 0 Å². The molecule has 0 fully saturated rings. The van der Waals surface area contributed by atoms with Gasteiger partial charge in [-0.15, -0.1) is 0 Å². The lowest BCUT2D eigenvalue weighted by Gasteiger charge is -2.21. The van der Waals surface area contributed by atoms with E-state index in [-0.39, 0.29) is 5.97 Å². The highest BCUT2D eigenvalue weighted by atomic mass is 16.5. The zero-order valence-corrected chi connectivity index (χ0v) is 14.9. The maximum Gasteiger partial charge on any atom is 0.311 e. The van der Waals surface area contributed by atoms with E-state index in [1.165, 1.54) is 17.9 Å². The predicted molar refractivity (Wildman–Crippen MR) is 103 cm³/mol. The van der Waals surface area contributed by atoms with Crippen molar-refractivity contribution in [3.05, 3.63) is 72.3 Å². The van der Waals surface area contributed by atoms with Crippen LogP contribution in [0.25, 0.3) is 10.8 Å². The summed E-state index contributed by atoms with van der Waals surface area (Å²) in [5.41, 5.74) is 2.66. The van der Waals surface area contributed by atoms with Crippen LogP contribution in [0, 0.1) is 5.41 Å². The van der Waals surface area contributed by atoms with Crippen molar-refractivity contribution in [3.8, 4) is 0 Å². The number of ether oxygens (including phenoxy) is 1. The molecule has 0 amide bonds. The van der Waals surface area contributed by atoms with E-state index in [9.17, 15) is 4.79 Å². The Bertz CT molecular complexity index is 882. The Kier molecular flexibility index (Phi) is 4.75. The van der Waals surface area contributed by atoms with Crippen molar-refractivity contribution in [3.63, 3.8) is 0 Å². The molecule has 0 radical (unpaired) electrons. The molecule has 0 saturated carbocycles. The zero-order valence-electron chi connectivity index (χ0n) is 14.9. The Morgan fingerprint density at radius 3 is 2.24 bits per heavy atom. The fourth-order valence-electron chi connectivity index (χ4n) is 3.00. The lowest BCUT2D eigenvalue weighted by molar-refractivity contribution is -0.150. The van der Waals surface area contributed by atoms with Gasteiger partial charge < -0.3 is 10.1 Å². The summed E-state index contributed by atoms with van der Waals surface area (Å²) >= 11 is 0. The Morgan fingerprint density at radius 1 is 0.920 bits per heavy atom. The number of hydrogen-bond donors (Lipinski definition) is 1. The molecule has 3 rings (SSSR count). The second-order valence-electron chi connectivity index (χ2n) is 6.94. The Hall–Kier alpha value is -2.81. The molecule has 0 aliphatic heterocycles. The van der Waals surface area contributed by atoms with Gasteiger partial charge in [-0.25, -0.2) is 0 Å². The fourth-order valence-corrected chi connectivity index (χ4v) is 3.00. The molecule has 3 heteroatoms. The van der Waals surface area contributed by atoms with Gasteiger partial charge in [0.1, 0.15) is 0 Å². The summed E-state index contributed by atoms with van der Waals surface area (Å²) in [7, 11) is 1.43. The summed E-state index contributed by atoms with van der Waals surface area (Å²) in [6.07, 6.45) is 0.649. The average molecular weight is 333 g/mol. The highest BCUT2D eigenvalue weighted by Crippen LogP contribution is 2.26. The topological polar surface area (TPSA) is 38.3 Å². The number of esters is 1. The summed E-state index contributed by atoms with van der Waals surface area (Å²) in [5, 5.41) is 5.87. The van der Waals surface area contributed by atoms with Gasteiger partial charge >= 0.3 is 5.97 Å². The number of hydrogen-bond acceptors (Lipinski definition) is 3. The predicted octanol–water partition coefficient (Wildman–Crippen LogP) is 5.33. The number of carbonyl (C=O) groups excluding carboxylic acids is 1. The fraction of sp³-hybridized carbons (Fsp3) is 0.227. The summed E-state index contributed by atoms with van der Waals surface area (Å²) in [4.78, 5) is 11.8. The van der Waals surface area contributed by atoms with Gasteiger partial charge in [0.05, 0.1) is 12.5 Å². The first kappa shape index (κ1) is 17.0. The third-order valence-corrected chi connectivity index (χ3v) is 4.38. The largest absolute Gasteiger partial charge is 0.469 e. The quantitative estimate of drug-likeness (QED) is 0.642. The minimum Gasteiger partial charge on any atom is -0.469 e. The van der Waals surface area contributed by atoms with Crippen LogP contribution in [0.1, 0.15) is 19.4 Å². The summed E-state index contributed by atoms with van der Waals surface area (Å²) < 4.78 is 4.87. The highest BCUT2D eigenvalue weighted by molar-refractivity contribution is 5.86. The maximum atomic E-state index is 11.8. The lowest BCUT2D eigenvalue weighted by atomic mass is 9.86. The van der Waals surface area contributed by atoms with Crippen LogP contribution in [0.5, 0.6) is 0 Å². The van der Waals surface area contributed by atoms with E-state index in [2.05, 4.69) is 35.6 Å². The van der Waals surface area contributed by atoms with Crippen molar-refractivity contribution in [2.24, 2.45) is 5.41 Å². The second kappa shape index (κ2) is 6.98. The molecule has 0 heterocycles. The number of nitrogens with one attached hydrogen (secondary N) is 1. The maximum absolute atomic E-state index is 11.8. The molecule has 0 saturated heterocycles. The highest BCUT2D eigenvalue weighted by Gasteiger charge is 2.28. The first-order chi connectivity index (χ1) is 12.0. The molecule has 0 unspecified atom stereocenters. The molecule has 3 nitrogen and oxygen atoms in total. The average Bonchev–Trinajstić information content (AvgIpc) is 2.62. The first-order valence-corrected chi connectivity index (χ1v) is 8.41. The minimum atomic E-state index is -0.526. The van der Waals surface area contributed by atoms with E-state index in [0.717, 1.165) is 16.9 Å². The van der Waals surface area contributed by atoms with Crippen molar-refractivity contribution in [1.29, 1.82) is 0 Å². The minimum absolute atomic E-state index is 0.189. The van der Waals surface area contributed by atoms with Crippen molar-refractivity contribution in [2.45, 2.75) is 20.3 Å². The number of methoxy groups -OCH3 is 1. The van der Waals surface area contributed by atoms with Crippen molar-refractivity contribution < 1.29 is 9.53 Å². The molecule has 128 valence electrons. The van der Waals surface area contributed by atoms with Gasteiger partial charge in [-0.1, -0.05) is 42.5 Å². The van der Waals surface area contributed by atoms with Gasteiger partial charge in [0.15, 0.2) is 0 Å². The van der Waals surface area contributed by atoms with Crippen LogP contribution < -0.4 is 5.32 Å². The third-order valence-electron chi connectivity index (χ3n) is 4.38. The standard InChI is InChI=1S/C22H23NO2/c1-22(2,21(24)25-3)15-16-8-11-19(12-9-16)23-20-13-10-17-6-4-5-7-18(17)14-20/h4-14,23H,15H2,1-3H3. The van der Waals surface area contributed by atoms with Crippen molar-refractivity contribution in [1.82, 2.24) is 0 Å².